The number of benzene rings is 2. The number of para-hydroxylation sites is 2. The average Bonchev–Trinajstić information content (AvgIpc) is 2.92. The second kappa shape index (κ2) is 6.29. The smallest absolute Gasteiger partial charge is 0.121 e. The average molecular weight is 300 g/mol. The Morgan fingerprint density at radius 1 is 1.14 bits per heavy atom. The molecular weight excluding hydrogens is 282 g/mol. The van der Waals surface area contributed by atoms with Crippen LogP contribution in [0.15, 0.2) is 48.5 Å². The molecule has 3 aromatic rings. The van der Waals surface area contributed by atoms with Crippen LogP contribution in [0.1, 0.15) is 30.8 Å². The lowest BCUT2D eigenvalue weighted by Crippen LogP contribution is -2.20. The normalized spacial score (nSPS) is 12.7. The van der Waals surface area contributed by atoms with E-state index in [0.717, 1.165) is 34.8 Å². The molecular formula is C17H18ClN3. The van der Waals surface area contributed by atoms with Crippen LogP contribution in [0.25, 0.3) is 11.0 Å². The molecule has 4 heteroatoms. The molecule has 0 amide bonds. The number of nitrogens with one attached hydrogen (secondary N) is 2. The highest BCUT2D eigenvalue weighted by atomic mass is 35.5. The number of fused-ring (bicyclic) bond motifs is 1. The van der Waals surface area contributed by atoms with Crippen molar-refractivity contribution in [1.29, 1.82) is 0 Å². The summed E-state index contributed by atoms with van der Waals surface area (Å²) in [6.45, 7) is 2.89. The van der Waals surface area contributed by atoms with Crippen molar-refractivity contribution in [1.82, 2.24) is 15.3 Å². The molecule has 0 fully saturated rings. The highest BCUT2D eigenvalue weighted by molar-refractivity contribution is 6.30. The predicted molar refractivity (Wildman–Crippen MR) is 87.4 cm³/mol. The Labute approximate surface area is 129 Å². The van der Waals surface area contributed by atoms with Gasteiger partial charge in [-0.2, -0.15) is 0 Å². The summed E-state index contributed by atoms with van der Waals surface area (Å²) < 4.78 is 0. The zero-order valence-corrected chi connectivity index (χ0v) is 12.7. The summed E-state index contributed by atoms with van der Waals surface area (Å²) in [5.41, 5.74) is 3.33. The molecule has 2 N–H and O–H groups in total. The summed E-state index contributed by atoms with van der Waals surface area (Å²) in [6.07, 6.45) is 1.02. The number of nitrogens with zero attached hydrogens (tertiary/aromatic N) is 1. The standard InChI is InChI=1S/C17H18ClN3/c1-2-14(12-7-9-13(18)10-8-12)19-11-17-20-15-5-3-4-6-16(15)21-17/h3-10,14,19H,2,11H2,1H3,(H,20,21). The summed E-state index contributed by atoms with van der Waals surface area (Å²) in [5, 5.41) is 4.31. The molecule has 1 aromatic heterocycles. The van der Waals surface area contributed by atoms with E-state index in [9.17, 15) is 0 Å². The number of hydrogen-bond acceptors (Lipinski definition) is 2. The van der Waals surface area contributed by atoms with Crippen molar-refractivity contribution in [2.75, 3.05) is 0 Å². The molecule has 1 atom stereocenters. The summed E-state index contributed by atoms with van der Waals surface area (Å²) in [4.78, 5) is 7.93. The Hall–Kier alpha value is -1.84. The molecule has 2 aromatic carbocycles. The van der Waals surface area contributed by atoms with Gasteiger partial charge in [-0.1, -0.05) is 42.8 Å². The van der Waals surface area contributed by atoms with Crippen molar-refractivity contribution in [2.24, 2.45) is 0 Å². The van der Waals surface area contributed by atoms with Gasteiger partial charge in [0.15, 0.2) is 0 Å². The van der Waals surface area contributed by atoms with Gasteiger partial charge in [-0.15, -0.1) is 0 Å². The van der Waals surface area contributed by atoms with Crippen LogP contribution in [0.3, 0.4) is 0 Å². The van der Waals surface area contributed by atoms with E-state index in [1.807, 2.05) is 36.4 Å². The van der Waals surface area contributed by atoms with Gasteiger partial charge in [-0.3, -0.25) is 0 Å². The van der Waals surface area contributed by atoms with E-state index in [0.29, 0.717) is 6.04 Å². The minimum atomic E-state index is 0.301. The van der Waals surface area contributed by atoms with E-state index < -0.39 is 0 Å². The highest BCUT2D eigenvalue weighted by Crippen LogP contribution is 2.20. The van der Waals surface area contributed by atoms with Crippen LogP contribution in [0.4, 0.5) is 0 Å². The van der Waals surface area contributed by atoms with Gasteiger partial charge < -0.3 is 10.3 Å². The molecule has 0 saturated heterocycles. The van der Waals surface area contributed by atoms with Gasteiger partial charge in [0.25, 0.3) is 0 Å². The van der Waals surface area contributed by atoms with Crippen LogP contribution in [0.2, 0.25) is 5.02 Å². The number of imidazole rings is 1. The SMILES string of the molecule is CCC(NCc1nc2ccccc2[nH]1)c1ccc(Cl)cc1. The van der Waals surface area contributed by atoms with Gasteiger partial charge in [0.05, 0.1) is 17.6 Å². The van der Waals surface area contributed by atoms with Gasteiger partial charge in [0.2, 0.25) is 0 Å². The molecule has 3 rings (SSSR count). The van der Waals surface area contributed by atoms with Crippen LogP contribution in [-0.2, 0) is 6.54 Å². The second-order valence-corrected chi connectivity index (χ2v) is 5.53. The molecule has 0 aliphatic rings. The molecule has 0 bridgehead atoms. The molecule has 0 saturated carbocycles. The first-order chi connectivity index (χ1) is 10.3. The van der Waals surface area contributed by atoms with Gasteiger partial charge in [0.1, 0.15) is 5.82 Å². The lowest BCUT2D eigenvalue weighted by molar-refractivity contribution is 0.511. The van der Waals surface area contributed by atoms with E-state index in [2.05, 4.69) is 34.3 Å². The van der Waals surface area contributed by atoms with E-state index in [1.54, 1.807) is 0 Å². The zero-order chi connectivity index (χ0) is 14.7. The topological polar surface area (TPSA) is 40.7 Å². The van der Waals surface area contributed by atoms with Gasteiger partial charge >= 0.3 is 0 Å². The van der Waals surface area contributed by atoms with Crippen LogP contribution in [0.5, 0.6) is 0 Å². The van der Waals surface area contributed by atoms with Gasteiger partial charge in [-0.05, 0) is 36.2 Å². The molecule has 1 heterocycles. The van der Waals surface area contributed by atoms with Crippen molar-refractivity contribution < 1.29 is 0 Å². The zero-order valence-electron chi connectivity index (χ0n) is 11.9. The predicted octanol–water partition coefficient (Wildman–Crippen LogP) is 4.46. The van der Waals surface area contributed by atoms with Gasteiger partial charge in [-0.25, -0.2) is 4.98 Å². The van der Waals surface area contributed by atoms with E-state index >= 15 is 0 Å². The highest BCUT2D eigenvalue weighted by Gasteiger charge is 2.10. The second-order valence-electron chi connectivity index (χ2n) is 5.09. The molecule has 1 unspecified atom stereocenters. The Kier molecular flexibility index (Phi) is 4.23. The van der Waals surface area contributed by atoms with Crippen molar-refractivity contribution >= 4 is 22.6 Å². The number of aromatic nitrogens is 2. The maximum atomic E-state index is 5.94. The first-order valence-corrected chi connectivity index (χ1v) is 7.56. The quantitative estimate of drug-likeness (QED) is 0.730. The number of halogens is 1. The van der Waals surface area contributed by atoms with Crippen LogP contribution in [-0.4, -0.2) is 9.97 Å². The number of aromatic amines is 1. The van der Waals surface area contributed by atoms with Crippen molar-refractivity contribution in [2.45, 2.75) is 25.9 Å². The Bertz CT molecular complexity index is 685. The Morgan fingerprint density at radius 2 is 1.90 bits per heavy atom. The van der Waals surface area contributed by atoms with E-state index in [4.69, 9.17) is 11.6 Å². The fourth-order valence-electron chi connectivity index (χ4n) is 2.50. The van der Waals surface area contributed by atoms with Crippen LogP contribution >= 0.6 is 11.6 Å². The minimum Gasteiger partial charge on any atom is -0.341 e. The fourth-order valence-corrected chi connectivity index (χ4v) is 2.63. The molecule has 108 valence electrons. The maximum absolute atomic E-state index is 5.94. The summed E-state index contributed by atoms with van der Waals surface area (Å²) >= 11 is 5.94. The molecule has 0 aliphatic heterocycles. The Morgan fingerprint density at radius 3 is 2.62 bits per heavy atom. The molecule has 0 spiro atoms. The molecule has 3 nitrogen and oxygen atoms in total. The van der Waals surface area contributed by atoms with Crippen molar-refractivity contribution in [3.8, 4) is 0 Å². The van der Waals surface area contributed by atoms with Crippen molar-refractivity contribution in [3.05, 3.63) is 64.9 Å². The number of hydrogen-bond donors (Lipinski definition) is 2. The summed E-state index contributed by atoms with van der Waals surface area (Å²) in [5.74, 6) is 0.962. The summed E-state index contributed by atoms with van der Waals surface area (Å²) in [7, 11) is 0. The lowest BCUT2D eigenvalue weighted by Gasteiger charge is -2.16. The van der Waals surface area contributed by atoms with E-state index in [1.165, 1.54) is 5.56 Å². The van der Waals surface area contributed by atoms with Crippen molar-refractivity contribution in [3.63, 3.8) is 0 Å². The van der Waals surface area contributed by atoms with Gasteiger partial charge in [0, 0.05) is 11.1 Å². The lowest BCUT2D eigenvalue weighted by atomic mass is 10.0. The maximum Gasteiger partial charge on any atom is 0.121 e. The van der Waals surface area contributed by atoms with Crippen LogP contribution < -0.4 is 5.32 Å². The number of rotatable bonds is 5. The summed E-state index contributed by atoms with van der Waals surface area (Å²) in [6, 6.07) is 16.4. The fraction of sp³-hybridized carbons (Fsp3) is 0.235. The molecule has 0 radical (unpaired) electrons. The Balaban J connectivity index is 1.71. The third-order valence-electron chi connectivity index (χ3n) is 3.63. The first kappa shape index (κ1) is 14.1. The molecule has 21 heavy (non-hydrogen) atoms. The third kappa shape index (κ3) is 3.26. The molecule has 0 aliphatic carbocycles. The van der Waals surface area contributed by atoms with Crippen LogP contribution in [0, 0.1) is 0 Å². The monoisotopic (exact) mass is 299 g/mol. The third-order valence-corrected chi connectivity index (χ3v) is 3.89. The largest absolute Gasteiger partial charge is 0.341 e. The number of H-pyrrole nitrogens is 1. The first-order valence-electron chi connectivity index (χ1n) is 7.18. The minimum absolute atomic E-state index is 0.301. The van der Waals surface area contributed by atoms with E-state index in [-0.39, 0.29) is 0 Å².